The zero-order valence-electron chi connectivity index (χ0n) is 13.5. The highest BCUT2D eigenvalue weighted by molar-refractivity contribution is 5.90. The van der Waals surface area contributed by atoms with Crippen LogP contribution in [0.3, 0.4) is 0 Å². The second-order valence-electron chi connectivity index (χ2n) is 6.75. The molecular weight excluding hydrogens is 292 g/mol. The fourth-order valence-electron chi connectivity index (χ4n) is 3.99. The Bertz CT molecular complexity index is 584. The zero-order valence-corrected chi connectivity index (χ0v) is 13.5. The molecule has 4 rings (SSSR count). The molecule has 2 saturated heterocycles. The first-order valence-corrected chi connectivity index (χ1v) is 8.66. The Morgan fingerprint density at radius 2 is 2.17 bits per heavy atom. The first-order chi connectivity index (χ1) is 11.3. The molecule has 0 N–H and O–H groups in total. The van der Waals surface area contributed by atoms with Crippen LogP contribution in [0, 0.1) is 5.92 Å². The molecule has 0 bridgehead atoms. The third-order valence-corrected chi connectivity index (χ3v) is 5.14. The molecule has 3 aliphatic heterocycles. The van der Waals surface area contributed by atoms with Crippen molar-refractivity contribution in [3.8, 4) is 0 Å². The van der Waals surface area contributed by atoms with Crippen LogP contribution in [0.5, 0.6) is 0 Å². The molecule has 1 aromatic rings. The Hall–Kier alpha value is -1.59. The molecule has 0 unspecified atom stereocenters. The number of benzene rings is 1. The van der Waals surface area contributed by atoms with Crippen molar-refractivity contribution < 1.29 is 14.3 Å². The fourth-order valence-corrected chi connectivity index (χ4v) is 3.99. The van der Waals surface area contributed by atoms with Gasteiger partial charge in [0.1, 0.15) is 6.61 Å². The van der Waals surface area contributed by atoms with Gasteiger partial charge >= 0.3 is 6.09 Å². The number of ether oxygens (including phenoxy) is 2. The molecule has 23 heavy (non-hydrogen) atoms. The maximum atomic E-state index is 11.9. The van der Waals surface area contributed by atoms with Crippen LogP contribution >= 0.6 is 0 Å². The minimum absolute atomic E-state index is 0.208. The summed E-state index contributed by atoms with van der Waals surface area (Å²) >= 11 is 0. The van der Waals surface area contributed by atoms with Gasteiger partial charge in [-0.1, -0.05) is 12.1 Å². The Morgan fingerprint density at radius 3 is 2.96 bits per heavy atom. The Morgan fingerprint density at radius 1 is 1.22 bits per heavy atom. The second kappa shape index (κ2) is 6.49. The molecule has 124 valence electrons. The Labute approximate surface area is 137 Å². The summed E-state index contributed by atoms with van der Waals surface area (Å²) in [5.74, 6) is 0.669. The smallest absolute Gasteiger partial charge is 0.414 e. The van der Waals surface area contributed by atoms with E-state index in [0.717, 1.165) is 45.0 Å². The Kier molecular flexibility index (Phi) is 4.23. The van der Waals surface area contributed by atoms with E-state index in [0.29, 0.717) is 19.1 Å². The van der Waals surface area contributed by atoms with E-state index in [1.807, 2.05) is 0 Å². The lowest BCUT2D eigenvalue weighted by atomic mass is 9.95. The van der Waals surface area contributed by atoms with E-state index in [1.165, 1.54) is 24.0 Å². The maximum absolute atomic E-state index is 11.9. The average Bonchev–Trinajstić information content (AvgIpc) is 3.01. The zero-order chi connectivity index (χ0) is 15.6. The topological polar surface area (TPSA) is 42.0 Å². The molecule has 5 nitrogen and oxygen atoms in total. The van der Waals surface area contributed by atoms with E-state index in [9.17, 15) is 4.79 Å². The summed E-state index contributed by atoms with van der Waals surface area (Å²) in [5, 5.41) is 0. The van der Waals surface area contributed by atoms with Crippen molar-refractivity contribution in [1.29, 1.82) is 0 Å². The molecule has 3 aliphatic rings. The van der Waals surface area contributed by atoms with E-state index in [2.05, 4.69) is 23.1 Å². The van der Waals surface area contributed by atoms with Gasteiger partial charge in [0.2, 0.25) is 0 Å². The van der Waals surface area contributed by atoms with Crippen LogP contribution in [-0.2, 0) is 22.4 Å². The van der Waals surface area contributed by atoms with Gasteiger partial charge in [-0.2, -0.15) is 0 Å². The van der Waals surface area contributed by atoms with E-state index < -0.39 is 0 Å². The van der Waals surface area contributed by atoms with Gasteiger partial charge in [-0.25, -0.2) is 4.79 Å². The normalized spacial score (nSPS) is 25.3. The number of cyclic esters (lactones) is 1. The highest BCUT2D eigenvalue weighted by atomic mass is 16.6. The van der Waals surface area contributed by atoms with Crippen LogP contribution in [0.1, 0.15) is 24.0 Å². The van der Waals surface area contributed by atoms with Gasteiger partial charge in [0.05, 0.1) is 18.8 Å². The van der Waals surface area contributed by atoms with E-state index in [1.54, 1.807) is 4.90 Å². The lowest BCUT2D eigenvalue weighted by Crippen LogP contribution is -2.38. The third-order valence-electron chi connectivity index (χ3n) is 5.14. The summed E-state index contributed by atoms with van der Waals surface area (Å²) in [4.78, 5) is 16.2. The van der Waals surface area contributed by atoms with Gasteiger partial charge in [0.15, 0.2) is 0 Å². The van der Waals surface area contributed by atoms with Crippen LogP contribution in [0.25, 0.3) is 0 Å². The Balaban J connectivity index is 1.48. The van der Waals surface area contributed by atoms with Crippen LogP contribution in [0.2, 0.25) is 0 Å². The van der Waals surface area contributed by atoms with E-state index in [-0.39, 0.29) is 6.09 Å². The first-order valence-electron chi connectivity index (χ1n) is 8.66. The van der Waals surface area contributed by atoms with Crippen molar-refractivity contribution in [3.63, 3.8) is 0 Å². The summed E-state index contributed by atoms with van der Waals surface area (Å²) in [7, 11) is 0. The van der Waals surface area contributed by atoms with Crippen molar-refractivity contribution in [3.05, 3.63) is 29.3 Å². The summed E-state index contributed by atoms with van der Waals surface area (Å²) in [5.41, 5.74) is 3.72. The summed E-state index contributed by atoms with van der Waals surface area (Å²) in [6, 6.07) is 6.31. The lowest BCUT2D eigenvalue weighted by Gasteiger charge is -2.34. The summed E-state index contributed by atoms with van der Waals surface area (Å²) in [6.07, 6.45) is 3.27. The molecule has 2 fully saturated rings. The van der Waals surface area contributed by atoms with Gasteiger partial charge in [-0.15, -0.1) is 0 Å². The number of carbonyl (C=O) groups is 1. The summed E-state index contributed by atoms with van der Waals surface area (Å²) < 4.78 is 10.7. The highest BCUT2D eigenvalue weighted by Crippen LogP contribution is 2.31. The molecule has 0 aromatic heterocycles. The van der Waals surface area contributed by atoms with Gasteiger partial charge in [-0.3, -0.25) is 9.80 Å². The number of fused-ring (bicyclic) bond motifs is 1. The van der Waals surface area contributed by atoms with E-state index in [4.69, 9.17) is 9.47 Å². The average molecular weight is 316 g/mol. The second-order valence-corrected chi connectivity index (χ2v) is 6.75. The molecule has 0 aliphatic carbocycles. The van der Waals surface area contributed by atoms with Gasteiger partial charge in [0.25, 0.3) is 0 Å². The van der Waals surface area contributed by atoms with Gasteiger partial charge in [0, 0.05) is 26.2 Å². The predicted molar refractivity (Wildman–Crippen MR) is 87.7 cm³/mol. The van der Waals surface area contributed by atoms with E-state index >= 15 is 0 Å². The van der Waals surface area contributed by atoms with Crippen molar-refractivity contribution in [1.82, 2.24) is 4.90 Å². The quantitative estimate of drug-likeness (QED) is 0.859. The van der Waals surface area contributed by atoms with Crippen molar-refractivity contribution in [2.75, 3.05) is 44.4 Å². The molecule has 1 amide bonds. The minimum atomic E-state index is -0.208. The molecule has 1 aromatic carbocycles. The first kappa shape index (κ1) is 15.0. The van der Waals surface area contributed by atoms with Crippen molar-refractivity contribution in [2.24, 2.45) is 5.92 Å². The third kappa shape index (κ3) is 3.08. The largest absolute Gasteiger partial charge is 0.447 e. The number of anilines is 1. The molecule has 5 heteroatoms. The fraction of sp³-hybridized carbons (Fsp3) is 0.611. The molecule has 3 heterocycles. The summed E-state index contributed by atoms with van der Waals surface area (Å²) in [6.45, 7) is 6.15. The number of amides is 1. The molecule has 0 spiro atoms. The van der Waals surface area contributed by atoms with Gasteiger partial charge in [-0.05, 0) is 42.4 Å². The number of rotatable bonds is 3. The SMILES string of the molecule is O=C1OCCN1c1cccc2c1CCN(C[C@H]1CCCOC1)C2. The number of hydrogen-bond donors (Lipinski definition) is 0. The van der Waals surface area contributed by atoms with Crippen LogP contribution < -0.4 is 4.90 Å². The molecule has 1 atom stereocenters. The van der Waals surface area contributed by atoms with Crippen molar-refractivity contribution in [2.45, 2.75) is 25.8 Å². The number of nitrogens with zero attached hydrogens (tertiary/aromatic N) is 2. The van der Waals surface area contributed by atoms with Crippen LogP contribution in [0.4, 0.5) is 10.5 Å². The van der Waals surface area contributed by atoms with Crippen LogP contribution in [0.15, 0.2) is 18.2 Å². The standard InChI is InChI=1S/C18H24N2O3/c21-18-20(8-10-23-18)17-5-1-4-15-12-19(7-6-16(15)17)11-14-3-2-9-22-13-14/h1,4-5,14H,2-3,6-13H2/t14-/m1/s1. The van der Waals surface area contributed by atoms with Gasteiger partial charge < -0.3 is 9.47 Å². The lowest BCUT2D eigenvalue weighted by molar-refractivity contribution is 0.0364. The monoisotopic (exact) mass is 316 g/mol. The van der Waals surface area contributed by atoms with Crippen molar-refractivity contribution >= 4 is 11.8 Å². The molecular formula is C18H24N2O3. The minimum Gasteiger partial charge on any atom is -0.447 e. The molecule has 0 saturated carbocycles. The number of hydrogen-bond acceptors (Lipinski definition) is 4. The van der Waals surface area contributed by atoms with Crippen LogP contribution in [-0.4, -0.2) is 50.4 Å². The number of carbonyl (C=O) groups excluding carboxylic acids is 1. The maximum Gasteiger partial charge on any atom is 0.414 e. The predicted octanol–water partition coefficient (Wildman–Crippen LogP) is 2.43. The molecule has 0 radical (unpaired) electrons. The highest BCUT2D eigenvalue weighted by Gasteiger charge is 2.29.